The summed E-state index contributed by atoms with van der Waals surface area (Å²) < 4.78 is 33.6. The number of nitrogen functional groups attached to an aromatic ring is 1. The van der Waals surface area contributed by atoms with Crippen LogP contribution in [0.15, 0.2) is 12.1 Å². The first-order valence-electron chi connectivity index (χ1n) is 6.32. The zero-order valence-electron chi connectivity index (χ0n) is 11.9. The van der Waals surface area contributed by atoms with Crippen molar-refractivity contribution in [3.63, 3.8) is 0 Å². The van der Waals surface area contributed by atoms with Crippen molar-refractivity contribution in [3.05, 3.63) is 40.8 Å². The average molecular weight is 295 g/mol. The molecule has 0 saturated heterocycles. The highest BCUT2D eigenvalue weighted by Gasteiger charge is 2.23. The normalized spacial score (nSPS) is 10.7. The molecular weight excluding hydrogens is 280 g/mol. The van der Waals surface area contributed by atoms with Crippen molar-refractivity contribution in [2.75, 3.05) is 12.8 Å². The molecule has 2 aromatic rings. The van der Waals surface area contributed by atoms with Crippen molar-refractivity contribution >= 4 is 11.8 Å². The summed E-state index contributed by atoms with van der Waals surface area (Å²) in [6.07, 6.45) is 0.385. The second kappa shape index (κ2) is 5.51. The number of imidazole rings is 1. The largest absolute Gasteiger partial charge is 0.464 e. The third kappa shape index (κ3) is 2.46. The SMILES string of the molecule is CCc1nc(C(=O)OC)c(N)n1-c1cc(F)c(C)cc1F. The van der Waals surface area contributed by atoms with Gasteiger partial charge in [-0.1, -0.05) is 6.92 Å². The lowest BCUT2D eigenvalue weighted by Gasteiger charge is -2.11. The maximum absolute atomic E-state index is 14.1. The number of rotatable bonds is 3. The maximum Gasteiger partial charge on any atom is 0.360 e. The quantitative estimate of drug-likeness (QED) is 0.883. The van der Waals surface area contributed by atoms with E-state index in [-0.39, 0.29) is 22.8 Å². The molecule has 0 spiro atoms. The fraction of sp³-hybridized carbons (Fsp3) is 0.286. The van der Waals surface area contributed by atoms with E-state index in [4.69, 9.17) is 5.73 Å². The van der Waals surface area contributed by atoms with E-state index in [1.54, 1.807) is 6.92 Å². The molecule has 1 aromatic carbocycles. The van der Waals surface area contributed by atoms with E-state index >= 15 is 0 Å². The van der Waals surface area contributed by atoms with Crippen LogP contribution in [0.25, 0.3) is 5.69 Å². The van der Waals surface area contributed by atoms with Gasteiger partial charge in [0.15, 0.2) is 5.69 Å². The highest BCUT2D eigenvalue weighted by Crippen LogP contribution is 2.26. The van der Waals surface area contributed by atoms with Gasteiger partial charge in [-0.2, -0.15) is 0 Å². The Bertz CT molecular complexity index is 711. The number of halogens is 2. The monoisotopic (exact) mass is 295 g/mol. The van der Waals surface area contributed by atoms with Crippen LogP contribution in [-0.4, -0.2) is 22.6 Å². The van der Waals surface area contributed by atoms with Gasteiger partial charge in [0.25, 0.3) is 0 Å². The summed E-state index contributed by atoms with van der Waals surface area (Å²) in [5, 5.41) is 0. The molecule has 2 N–H and O–H groups in total. The van der Waals surface area contributed by atoms with E-state index in [9.17, 15) is 13.6 Å². The summed E-state index contributed by atoms with van der Waals surface area (Å²) in [6.45, 7) is 3.22. The smallest absolute Gasteiger partial charge is 0.360 e. The number of esters is 1. The molecule has 0 saturated carbocycles. The Labute approximate surface area is 120 Å². The zero-order valence-corrected chi connectivity index (χ0v) is 11.9. The van der Waals surface area contributed by atoms with Gasteiger partial charge in [0.05, 0.1) is 12.8 Å². The summed E-state index contributed by atoms with van der Waals surface area (Å²) >= 11 is 0. The average Bonchev–Trinajstić information content (AvgIpc) is 2.79. The summed E-state index contributed by atoms with van der Waals surface area (Å²) in [6, 6.07) is 2.10. The number of nitrogens with zero attached hydrogens (tertiary/aromatic N) is 2. The Balaban J connectivity index is 2.72. The third-order valence-electron chi connectivity index (χ3n) is 3.15. The lowest BCUT2D eigenvalue weighted by Crippen LogP contribution is -2.09. The zero-order chi connectivity index (χ0) is 15.7. The number of carbonyl (C=O) groups excluding carboxylic acids is 1. The topological polar surface area (TPSA) is 70.1 Å². The number of aryl methyl sites for hydroxylation is 2. The molecule has 0 aliphatic heterocycles. The standard InChI is InChI=1S/C14H15F2N3O2/c1-4-11-18-12(14(20)21-3)13(17)19(11)10-6-8(15)7(2)5-9(10)16/h5-6H,4,17H2,1-3H3. The molecule has 0 fully saturated rings. The molecule has 21 heavy (non-hydrogen) atoms. The van der Waals surface area contributed by atoms with Crippen LogP contribution in [0.2, 0.25) is 0 Å². The van der Waals surface area contributed by atoms with Crippen LogP contribution in [0.4, 0.5) is 14.6 Å². The van der Waals surface area contributed by atoms with Crippen LogP contribution >= 0.6 is 0 Å². The molecule has 1 aromatic heterocycles. The molecule has 0 amide bonds. The first-order chi connectivity index (χ1) is 9.90. The molecule has 0 atom stereocenters. The van der Waals surface area contributed by atoms with Gasteiger partial charge in [-0.3, -0.25) is 4.57 Å². The van der Waals surface area contributed by atoms with Gasteiger partial charge < -0.3 is 10.5 Å². The third-order valence-corrected chi connectivity index (χ3v) is 3.15. The molecule has 2 rings (SSSR count). The Morgan fingerprint density at radius 2 is 2.05 bits per heavy atom. The fourth-order valence-corrected chi connectivity index (χ4v) is 2.04. The highest BCUT2D eigenvalue weighted by molar-refractivity contribution is 5.92. The summed E-state index contributed by atoms with van der Waals surface area (Å²) in [5.41, 5.74) is 5.83. The van der Waals surface area contributed by atoms with Gasteiger partial charge in [0.1, 0.15) is 23.3 Å². The van der Waals surface area contributed by atoms with Gasteiger partial charge >= 0.3 is 5.97 Å². The summed E-state index contributed by atoms with van der Waals surface area (Å²) in [7, 11) is 1.19. The molecule has 0 aliphatic carbocycles. The minimum atomic E-state index is -0.728. The maximum atomic E-state index is 14.1. The Kier molecular flexibility index (Phi) is 3.93. The van der Waals surface area contributed by atoms with E-state index in [2.05, 4.69) is 9.72 Å². The van der Waals surface area contributed by atoms with Gasteiger partial charge in [0, 0.05) is 12.5 Å². The lowest BCUT2D eigenvalue weighted by atomic mass is 10.2. The van der Waals surface area contributed by atoms with E-state index < -0.39 is 17.6 Å². The Morgan fingerprint density at radius 1 is 1.38 bits per heavy atom. The summed E-state index contributed by atoms with van der Waals surface area (Å²) in [4.78, 5) is 15.7. The molecule has 0 aliphatic rings. The Morgan fingerprint density at radius 3 is 2.62 bits per heavy atom. The van der Waals surface area contributed by atoms with Crippen LogP contribution < -0.4 is 5.73 Å². The molecule has 1 heterocycles. The molecule has 0 bridgehead atoms. The number of anilines is 1. The number of carbonyl (C=O) groups is 1. The van der Waals surface area contributed by atoms with Crippen molar-refractivity contribution in [3.8, 4) is 5.69 Å². The lowest BCUT2D eigenvalue weighted by molar-refractivity contribution is 0.0595. The second-order valence-electron chi connectivity index (χ2n) is 4.50. The fourth-order valence-electron chi connectivity index (χ4n) is 2.04. The first kappa shape index (κ1) is 15.0. The first-order valence-corrected chi connectivity index (χ1v) is 6.32. The van der Waals surface area contributed by atoms with Crippen molar-refractivity contribution < 1.29 is 18.3 Å². The number of hydrogen-bond donors (Lipinski definition) is 1. The number of methoxy groups -OCH3 is 1. The van der Waals surface area contributed by atoms with E-state index in [1.807, 2.05) is 0 Å². The minimum Gasteiger partial charge on any atom is -0.464 e. The minimum absolute atomic E-state index is 0.0825. The van der Waals surface area contributed by atoms with Gasteiger partial charge in [-0.05, 0) is 18.6 Å². The van der Waals surface area contributed by atoms with Gasteiger partial charge in [0.2, 0.25) is 0 Å². The second-order valence-corrected chi connectivity index (χ2v) is 4.50. The predicted molar refractivity (Wildman–Crippen MR) is 73.3 cm³/mol. The van der Waals surface area contributed by atoms with Crippen molar-refractivity contribution in [2.45, 2.75) is 20.3 Å². The van der Waals surface area contributed by atoms with Crippen LogP contribution in [0.1, 0.15) is 28.8 Å². The number of aromatic nitrogens is 2. The molecule has 7 heteroatoms. The van der Waals surface area contributed by atoms with Crippen molar-refractivity contribution in [1.82, 2.24) is 9.55 Å². The van der Waals surface area contributed by atoms with E-state index in [0.29, 0.717) is 12.2 Å². The van der Waals surface area contributed by atoms with Gasteiger partial charge in [-0.25, -0.2) is 18.6 Å². The number of ether oxygens (including phenoxy) is 1. The van der Waals surface area contributed by atoms with E-state index in [0.717, 1.165) is 12.1 Å². The van der Waals surface area contributed by atoms with E-state index in [1.165, 1.54) is 18.6 Å². The summed E-state index contributed by atoms with van der Waals surface area (Å²) in [5.74, 6) is -1.69. The predicted octanol–water partition coefficient (Wildman–Crippen LogP) is 2.39. The molecule has 5 nitrogen and oxygen atoms in total. The number of hydrogen-bond acceptors (Lipinski definition) is 4. The van der Waals surface area contributed by atoms with Crippen LogP contribution in [-0.2, 0) is 11.2 Å². The van der Waals surface area contributed by atoms with Crippen molar-refractivity contribution in [2.24, 2.45) is 0 Å². The highest BCUT2D eigenvalue weighted by atomic mass is 19.1. The Hall–Kier alpha value is -2.44. The number of benzene rings is 1. The molecule has 0 radical (unpaired) electrons. The number of nitrogens with two attached hydrogens (primary N) is 1. The van der Waals surface area contributed by atoms with Crippen LogP contribution in [0, 0.1) is 18.6 Å². The van der Waals surface area contributed by atoms with Crippen LogP contribution in [0.3, 0.4) is 0 Å². The van der Waals surface area contributed by atoms with Crippen LogP contribution in [0.5, 0.6) is 0 Å². The molecule has 0 unspecified atom stereocenters. The molecular formula is C14H15F2N3O2. The molecule has 112 valence electrons. The van der Waals surface area contributed by atoms with Crippen molar-refractivity contribution in [1.29, 1.82) is 0 Å². The van der Waals surface area contributed by atoms with Gasteiger partial charge in [-0.15, -0.1) is 0 Å².